The first-order chi connectivity index (χ1) is 14.5. The van der Waals surface area contributed by atoms with Crippen molar-refractivity contribution in [1.82, 2.24) is 5.43 Å². The van der Waals surface area contributed by atoms with Gasteiger partial charge in [-0.25, -0.2) is 10.2 Å². The Labute approximate surface area is 183 Å². The van der Waals surface area contributed by atoms with Crippen molar-refractivity contribution in [2.24, 2.45) is 5.10 Å². The second-order valence-electron chi connectivity index (χ2n) is 6.41. The van der Waals surface area contributed by atoms with Crippen LogP contribution in [0.2, 0.25) is 0 Å². The van der Waals surface area contributed by atoms with Crippen molar-refractivity contribution in [2.75, 3.05) is 0 Å². The monoisotopic (exact) mass is 462 g/mol. The zero-order valence-electron chi connectivity index (χ0n) is 16.2. The second kappa shape index (κ2) is 10.3. The quantitative estimate of drug-likeness (QED) is 0.181. The van der Waals surface area contributed by atoms with Gasteiger partial charge in [0.15, 0.2) is 0 Å². The third-order valence-corrected chi connectivity index (χ3v) is 4.57. The van der Waals surface area contributed by atoms with Gasteiger partial charge in [-0.3, -0.25) is 4.79 Å². The molecule has 0 fully saturated rings. The minimum absolute atomic E-state index is 0.328. The molecule has 3 aromatic rings. The van der Waals surface area contributed by atoms with Gasteiger partial charge in [-0.05, 0) is 48.9 Å². The number of nitrogens with zero attached hydrogens (tertiary/aromatic N) is 1. The lowest BCUT2D eigenvalue weighted by atomic mass is 10.1. The summed E-state index contributed by atoms with van der Waals surface area (Å²) in [7, 11) is 0. The van der Waals surface area contributed by atoms with Crippen LogP contribution in [-0.4, -0.2) is 18.1 Å². The van der Waals surface area contributed by atoms with Crippen molar-refractivity contribution in [3.05, 3.63) is 106 Å². The zero-order valence-corrected chi connectivity index (χ0v) is 17.8. The van der Waals surface area contributed by atoms with Crippen molar-refractivity contribution in [3.63, 3.8) is 0 Å². The van der Waals surface area contributed by atoms with E-state index >= 15 is 0 Å². The van der Waals surface area contributed by atoms with E-state index in [0.717, 1.165) is 15.6 Å². The van der Waals surface area contributed by atoms with Gasteiger partial charge in [0, 0.05) is 21.7 Å². The first kappa shape index (κ1) is 21.2. The second-order valence-corrected chi connectivity index (χ2v) is 7.33. The highest BCUT2D eigenvalue weighted by molar-refractivity contribution is 9.10. The predicted octanol–water partition coefficient (Wildman–Crippen LogP) is 5.14. The topological polar surface area (TPSA) is 67.8 Å². The minimum Gasteiger partial charge on any atom is -0.423 e. The molecule has 3 aromatic carbocycles. The van der Waals surface area contributed by atoms with Crippen molar-refractivity contribution in [2.45, 2.75) is 6.92 Å². The third kappa shape index (κ3) is 6.25. The number of aryl methyl sites for hydroxylation is 1. The molecular formula is C24H19BrN2O3. The van der Waals surface area contributed by atoms with Crippen LogP contribution in [0.25, 0.3) is 6.08 Å². The summed E-state index contributed by atoms with van der Waals surface area (Å²) in [5, 5.41) is 3.99. The number of esters is 1. The first-order valence-electron chi connectivity index (χ1n) is 9.16. The zero-order chi connectivity index (χ0) is 21.3. The molecule has 0 unspecified atom stereocenters. The van der Waals surface area contributed by atoms with E-state index in [1.54, 1.807) is 36.4 Å². The van der Waals surface area contributed by atoms with Gasteiger partial charge in [0.05, 0.1) is 6.21 Å². The molecule has 5 nitrogen and oxygen atoms in total. The van der Waals surface area contributed by atoms with Crippen LogP contribution in [0.4, 0.5) is 0 Å². The summed E-state index contributed by atoms with van der Waals surface area (Å²) in [5.74, 6) is -0.514. The molecule has 0 bridgehead atoms. The average molecular weight is 463 g/mol. The molecule has 0 spiro atoms. The summed E-state index contributed by atoms with van der Waals surface area (Å²) < 4.78 is 6.21. The lowest BCUT2D eigenvalue weighted by Crippen LogP contribution is -2.17. The Morgan fingerprint density at radius 3 is 2.47 bits per heavy atom. The van der Waals surface area contributed by atoms with Gasteiger partial charge in [-0.2, -0.15) is 5.10 Å². The molecule has 6 heteroatoms. The smallest absolute Gasteiger partial charge is 0.336 e. The molecule has 0 aliphatic carbocycles. The molecule has 0 saturated heterocycles. The van der Waals surface area contributed by atoms with Crippen LogP contribution >= 0.6 is 15.9 Å². The van der Waals surface area contributed by atoms with Crippen LogP contribution in [0, 0.1) is 6.92 Å². The lowest BCUT2D eigenvalue weighted by Gasteiger charge is -2.06. The summed E-state index contributed by atoms with van der Waals surface area (Å²) in [6.45, 7) is 1.95. The fraction of sp³-hybridized carbons (Fsp3) is 0.0417. The van der Waals surface area contributed by atoms with Crippen molar-refractivity contribution in [3.8, 4) is 5.75 Å². The van der Waals surface area contributed by atoms with Crippen LogP contribution < -0.4 is 10.2 Å². The minimum atomic E-state index is -0.514. The Balaban J connectivity index is 1.67. The molecular weight excluding hydrogens is 444 g/mol. The number of amides is 1. The first-order valence-corrected chi connectivity index (χ1v) is 9.95. The molecule has 0 aliphatic heterocycles. The van der Waals surface area contributed by atoms with E-state index in [1.807, 2.05) is 49.4 Å². The van der Waals surface area contributed by atoms with Crippen LogP contribution in [0.3, 0.4) is 0 Å². The van der Waals surface area contributed by atoms with Crippen molar-refractivity contribution >= 4 is 40.1 Å². The summed E-state index contributed by atoms with van der Waals surface area (Å²) in [6, 6.07) is 21.8. The van der Waals surface area contributed by atoms with Crippen LogP contribution in [-0.2, 0) is 4.79 Å². The molecule has 0 radical (unpaired) electrons. The summed E-state index contributed by atoms with van der Waals surface area (Å²) >= 11 is 3.38. The lowest BCUT2D eigenvalue weighted by molar-refractivity contribution is -0.128. The maximum Gasteiger partial charge on any atom is 0.336 e. The number of benzene rings is 3. The SMILES string of the molecule is Cc1ccc(C(=O)N/N=C/c2cc(Br)ccc2OC(=O)/C=C/c2ccccc2)cc1. The standard InChI is InChI=1S/C24H19BrN2O3/c1-17-7-10-19(11-8-17)24(29)27-26-16-20-15-21(25)12-13-22(20)30-23(28)14-9-18-5-3-2-4-6-18/h2-16H,1H3,(H,27,29)/b14-9+,26-16+. The van der Waals surface area contributed by atoms with Crippen molar-refractivity contribution in [1.29, 1.82) is 0 Å². The van der Waals surface area contributed by atoms with Gasteiger partial charge in [0.1, 0.15) is 5.75 Å². The van der Waals surface area contributed by atoms with Crippen molar-refractivity contribution < 1.29 is 14.3 Å². The molecule has 30 heavy (non-hydrogen) atoms. The number of hydrazone groups is 1. The van der Waals surface area contributed by atoms with E-state index in [4.69, 9.17) is 4.74 Å². The summed E-state index contributed by atoms with van der Waals surface area (Å²) in [5.41, 5.74) is 5.48. The highest BCUT2D eigenvalue weighted by Gasteiger charge is 2.08. The maximum atomic E-state index is 12.2. The Hall–Kier alpha value is -3.51. The van der Waals surface area contributed by atoms with Gasteiger partial charge in [-0.15, -0.1) is 0 Å². The van der Waals surface area contributed by atoms with Gasteiger partial charge in [0.2, 0.25) is 0 Å². The average Bonchev–Trinajstić information content (AvgIpc) is 2.75. The number of hydrogen-bond acceptors (Lipinski definition) is 4. The molecule has 0 atom stereocenters. The summed E-state index contributed by atoms with van der Waals surface area (Å²) in [6.07, 6.45) is 4.47. The maximum absolute atomic E-state index is 12.2. The van der Waals surface area contributed by atoms with Crippen LogP contribution in [0.5, 0.6) is 5.75 Å². The third-order valence-electron chi connectivity index (χ3n) is 4.08. The van der Waals surface area contributed by atoms with E-state index in [9.17, 15) is 9.59 Å². The van der Waals surface area contributed by atoms with E-state index in [1.165, 1.54) is 12.3 Å². The Bertz CT molecular complexity index is 1090. The fourth-order valence-electron chi connectivity index (χ4n) is 2.51. The van der Waals surface area contributed by atoms with E-state index < -0.39 is 5.97 Å². The van der Waals surface area contributed by atoms with Gasteiger partial charge in [0.25, 0.3) is 5.91 Å². The summed E-state index contributed by atoms with van der Waals surface area (Å²) in [4.78, 5) is 24.3. The van der Waals surface area contributed by atoms with Crippen LogP contribution in [0.1, 0.15) is 27.0 Å². The molecule has 0 aliphatic rings. The fourth-order valence-corrected chi connectivity index (χ4v) is 2.89. The van der Waals surface area contributed by atoms with E-state index in [-0.39, 0.29) is 5.91 Å². The number of halogens is 1. The number of nitrogens with one attached hydrogen (secondary N) is 1. The number of ether oxygens (including phenoxy) is 1. The highest BCUT2D eigenvalue weighted by atomic mass is 79.9. The van der Waals surface area contributed by atoms with E-state index in [0.29, 0.717) is 16.9 Å². The molecule has 0 heterocycles. The number of carbonyl (C=O) groups is 2. The predicted molar refractivity (Wildman–Crippen MR) is 121 cm³/mol. The van der Waals surface area contributed by atoms with Gasteiger partial charge >= 0.3 is 5.97 Å². The van der Waals surface area contributed by atoms with Gasteiger partial charge in [-0.1, -0.05) is 64.0 Å². The molecule has 1 N–H and O–H groups in total. The Morgan fingerprint density at radius 2 is 1.73 bits per heavy atom. The molecule has 0 saturated carbocycles. The molecule has 150 valence electrons. The number of hydrogen-bond donors (Lipinski definition) is 1. The van der Waals surface area contributed by atoms with Gasteiger partial charge < -0.3 is 4.74 Å². The molecule has 0 aromatic heterocycles. The Kier molecular flexibility index (Phi) is 7.29. The normalized spacial score (nSPS) is 11.0. The number of carbonyl (C=O) groups excluding carboxylic acids is 2. The molecule has 1 amide bonds. The van der Waals surface area contributed by atoms with E-state index in [2.05, 4.69) is 26.5 Å². The number of rotatable bonds is 6. The largest absolute Gasteiger partial charge is 0.423 e. The Morgan fingerprint density at radius 1 is 1.00 bits per heavy atom. The highest BCUT2D eigenvalue weighted by Crippen LogP contribution is 2.22. The van der Waals surface area contributed by atoms with Crippen LogP contribution in [0.15, 0.2) is 88.4 Å². The molecule has 3 rings (SSSR count).